The number of likely N-dealkylation sites (N-methyl/N-ethyl adjacent to an activating group) is 1. The van der Waals surface area contributed by atoms with Gasteiger partial charge in [0.1, 0.15) is 0 Å². The largest absolute Gasteiger partial charge is 0.302 e. The molecule has 0 unspecified atom stereocenters. The lowest BCUT2D eigenvalue weighted by Crippen LogP contribution is -2.39. The molecule has 0 aliphatic carbocycles. The van der Waals surface area contributed by atoms with Crippen LogP contribution in [0.3, 0.4) is 0 Å². The molecule has 0 fully saturated rings. The first kappa shape index (κ1) is 24.4. The molecular weight excluding hydrogens is 442 g/mol. The van der Waals surface area contributed by atoms with E-state index >= 15 is 0 Å². The number of nitrogens with zero attached hydrogens (tertiary/aromatic N) is 3. The normalized spacial score (nSPS) is 11.9. The number of hydrogen-bond acceptors (Lipinski definition) is 6. The maximum absolute atomic E-state index is 13.8. The van der Waals surface area contributed by atoms with E-state index in [4.69, 9.17) is 4.98 Å². The summed E-state index contributed by atoms with van der Waals surface area (Å²) in [5.74, 6) is -0.394. The van der Waals surface area contributed by atoms with Crippen molar-refractivity contribution in [1.29, 1.82) is 0 Å². The first-order valence-electron chi connectivity index (χ1n) is 11.0. The first-order chi connectivity index (χ1) is 15.2. The van der Waals surface area contributed by atoms with Crippen LogP contribution in [0.2, 0.25) is 0 Å². The number of thiazole rings is 1. The minimum Gasteiger partial charge on any atom is -0.302 e. The Morgan fingerprint density at radius 1 is 1.03 bits per heavy atom. The van der Waals surface area contributed by atoms with E-state index in [0.29, 0.717) is 18.2 Å². The third-order valence-corrected chi connectivity index (χ3v) is 8.47. The van der Waals surface area contributed by atoms with Crippen LogP contribution in [-0.4, -0.2) is 56.1 Å². The van der Waals surface area contributed by atoms with E-state index in [0.717, 1.165) is 34.4 Å². The molecule has 0 bridgehead atoms. The molecule has 3 rings (SSSR count). The molecule has 0 radical (unpaired) electrons. The molecule has 0 aliphatic rings. The highest BCUT2D eigenvalue weighted by molar-refractivity contribution is 7.91. The third-order valence-electron chi connectivity index (χ3n) is 5.66. The summed E-state index contributed by atoms with van der Waals surface area (Å²) >= 11 is 1.47. The highest BCUT2D eigenvalue weighted by Gasteiger charge is 2.27. The van der Waals surface area contributed by atoms with Crippen LogP contribution in [0.1, 0.15) is 42.3 Å². The summed E-state index contributed by atoms with van der Waals surface area (Å²) < 4.78 is 26.4. The van der Waals surface area contributed by atoms with E-state index in [9.17, 15) is 13.2 Å². The second-order valence-corrected chi connectivity index (χ2v) is 11.1. The lowest BCUT2D eigenvalue weighted by Gasteiger charge is -2.25. The second-order valence-electron chi connectivity index (χ2n) is 7.81. The van der Waals surface area contributed by atoms with Gasteiger partial charge in [0.15, 0.2) is 15.0 Å². The van der Waals surface area contributed by atoms with Crippen molar-refractivity contribution in [3.05, 3.63) is 53.1 Å². The van der Waals surface area contributed by atoms with E-state index < -0.39 is 9.84 Å². The summed E-state index contributed by atoms with van der Waals surface area (Å²) in [6.07, 6.45) is 0. The standard InChI is InChI=1S/C24H31N3O3S2/c1-6-26(7-2)13-14-27(24-25-22-18(5)15-17(4)16-20(22)31-24)23(28)19-11-9-10-12-21(19)32(29,30)8-3/h9-12,15-16H,6-8,13-14H2,1-5H3. The Labute approximate surface area is 194 Å². The average molecular weight is 474 g/mol. The van der Waals surface area contributed by atoms with Gasteiger partial charge in [-0.2, -0.15) is 0 Å². The smallest absolute Gasteiger partial charge is 0.261 e. The zero-order valence-electron chi connectivity index (χ0n) is 19.4. The highest BCUT2D eigenvalue weighted by Crippen LogP contribution is 2.33. The molecule has 0 saturated heterocycles. The predicted octanol–water partition coefficient (Wildman–Crippen LogP) is 4.70. The van der Waals surface area contributed by atoms with Gasteiger partial charge in [0.05, 0.1) is 26.4 Å². The van der Waals surface area contributed by atoms with Crippen molar-refractivity contribution in [2.24, 2.45) is 0 Å². The average Bonchev–Trinajstić information content (AvgIpc) is 3.20. The molecule has 1 amide bonds. The van der Waals surface area contributed by atoms with Crippen LogP contribution in [0.25, 0.3) is 10.2 Å². The Balaban J connectivity index is 2.10. The summed E-state index contributed by atoms with van der Waals surface area (Å²) in [5, 5.41) is 0.592. The topological polar surface area (TPSA) is 70.6 Å². The number of aryl methyl sites for hydroxylation is 2. The number of rotatable bonds is 9. The van der Waals surface area contributed by atoms with Gasteiger partial charge in [-0.3, -0.25) is 9.69 Å². The van der Waals surface area contributed by atoms with Crippen molar-refractivity contribution < 1.29 is 13.2 Å². The number of sulfone groups is 1. The molecule has 0 saturated carbocycles. The molecule has 6 nitrogen and oxygen atoms in total. The molecular formula is C24H31N3O3S2. The zero-order chi connectivity index (χ0) is 23.5. The fourth-order valence-corrected chi connectivity index (χ4v) is 6.01. The van der Waals surface area contributed by atoms with Gasteiger partial charge in [-0.25, -0.2) is 13.4 Å². The van der Waals surface area contributed by atoms with Crippen molar-refractivity contribution in [3.63, 3.8) is 0 Å². The van der Waals surface area contributed by atoms with Gasteiger partial charge in [0.25, 0.3) is 5.91 Å². The van der Waals surface area contributed by atoms with Gasteiger partial charge in [0, 0.05) is 13.1 Å². The van der Waals surface area contributed by atoms with E-state index in [1.165, 1.54) is 17.4 Å². The van der Waals surface area contributed by atoms with E-state index in [2.05, 4.69) is 30.9 Å². The minimum absolute atomic E-state index is 0.0592. The number of carbonyl (C=O) groups is 1. The maximum atomic E-state index is 13.8. The zero-order valence-corrected chi connectivity index (χ0v) is 21.0. The maximum Gasteiger partial charge on any atom is 0.261 e. The summed E-state index contributed by atoms with van der Waals surface area (Å²) in [6.45, 7) is 12.7. The number of carbonyl (C=O) groups excluding carboxylic acids is 1. The Bertz CT molecular complexity index is 1210. The molecule has 1 heterocycles. The van der Waals surface area contributed by atoms with Gasteiger partial charge in [0.2, 0.25) is 0 Å². The molecule has 2 aromatic carbocycles. The molecule has 0 aliphatic heterocycles. The van der Waals surface area contributed by atoms with Crippen molar-refractivity contribution in [1.82, 2.24) is 9.88 Å². The number of aromatic nitrogens is 1. The van der Waals surface area contributed by atoms with Crippen molar-refractivity contribution in [2.45, 2.75) is 39.5 Å². The van der Waals surface area contributed by atoms with Crippen molar-refractivity contribution >= 4 is 42.4 Å². The molecule has 8 heteroatoms. The molecule has 0 atom stereocenters. The van der Waals surface area contributed by atoms with Crippen LogP contribution in [0.4, 0.5) is 5.13 Å². The lowest BCUT2D eigenvalue weighted by atomic mass is 10.1. The number of hydrogen-bond donors (Lipinski definition) is 0. The van der Waals surface area contributed by atoms with Crippen LogP contribution in [0, 0.1) is 13.8 Å². The van der Waals surface area contributed by atoms with Crippen LogP contribution in [0.15, 0.2) is 41.3 Å². The van der Waals surface area contributed by atoms with Crippen molar-refractivity contribution in [2.75, 3.05) is 36.8 Å². The fourth-order valence-electron chi connectivity index (χ4n) is 3.76. The lowest BCUT2D eigenvalue weighted by molar-refractivity contribution is 0.0980. The minimum atomic E-state index is -3.54. The molecule has 3 aromatic rings. The summed E-state index contributed by atoms with van der Waals surface area (Å²) in [4.78, 5) is 22.5. The van der Waals surface area contributed by atoms with Crippen LogP contribution in [0.5, 0.6) is 0 Å². The fraction of sp³-hybridized carbons (Fsp3) is 0.417. The number of anilines is 1. The van der Waals surface area contributed by atoms with Gasteiger partial charge in [-0.05, 0) is 56.3 Å². The summed E-state index contributed by atoms with van der Waals surface area (Å²) in [6, 6.07) is 10.6. The quantitative estimate of drug-likeness (QED) is 0.451. The molecule has 0 N–H and O–H groups in total. The number of amides is 1. The van der Waals surface area contributed by atoms with Crippen LogP contribution in [-0.2, 0) is 9.84 Å². The monoisotopic (exact) mass is 473 g/mol. The summed E-state index contributed by atoms with van der Waals surface area (Å²) in [5.41, 5.74) is 3.28. The molecule has 32 heavy (non-hydrogen) atoms. The molecule has 172 valence electrons. The Morgan fingerprint density at radius 2 is 1.72 bits per heavy atom. The molecule has 0 spiro atoms. The Kier molecular flexibility index (Phi) is 7.69. The number of fused-ring (bicyclic) bond motifs is 1. The first-order valence-corrected chi connectivity index (χ1v) is 13.4. The van der Waals surface area contributed by atoms with Gasteiger partial charge in [-0.15, -0.1) is 0 Å². The second kappa shape index (κ2) is 10.1. The van der Waals surface area contributed by atoms with Crippen molar-refractivity contribution in [3.8, 4) is 0 Å². The summed E-state index contributed by atoms with van der Waals surface area (Å²) in [7, 11) is -3.54. The SMILES string of the molecule is CCN(CC)CCN(C(=O)c1ccccc1S(=O)(=O)CC)c1nc2c(C)cc(C)cc2s1. The third kappa shape index (κ3) is 5.03. The predicted molar refractivity (Wildman–Crippen MR) is 133 cm³/mol. The molecule has 1 aromatic heterocycles. The van der Waals surface area contributed by atoms with E-state index in [-0.39, 0.29) is 22.1 Å². The Hall–Kier alpha value is -2.29. The van der Waals surface area contributed by atoms with E-state index in [1.54, 1.807) is 30.0 Å². The number of benzene rings is 2. The van der Waals surface area contributed by atoms with Crippen LogP contribution >= 0.6 is 11.3 Å². The van der Waals surface area contributed by atoms with Gasteiger partial charge < -0.3 is 4.90 Å². The van der Waals surface area contributed by atoms with Crippen LogP contribution < -0.4 is 4.90 Å². The highest BCUT2D eigenvalue weighted by atomic mass is 32.2. The van der Waals surface area contributed by atoms with Gasteiger partial charge in [-0.1, -0.05) is 50.3 Å². The van der Waals surface area contributed by atoms with Gasteiger partial charge >= 0.3 is 0 Å². The van der Waals surface area contributed by atoms with E-state index in [1.807, 2.05) is 13.8 Å². The Morgan fingerprint density at radius 3 is 2.38 bits per heavy atom.